The number of nitro benzene ring substituents is 1. The minimum Gasteiger partial charge on any atom is -0.463 e. The maximum Gasteiger partial charge on any atom is 0.308 e. The summed E-state index contributed by atoms with van der Waals surface area (Å²) in [4.78, 5) is 36.8. The van der Waals surface area contributed by atoms with Crippen molar-refractivity contribution in [3.63, 3.8) is 0 Å². The zero-order valence-electron chi connectivity index (χ0n) is 14.7. The van der Waals surface area contributed by atoms with Gasteiger partial charge < -0.3 is 10.1 Å². The van der Waals surface area contributed by atoms with E-state index in [4.69, 9.17) is 4.74 Å². The lowest BCUT2D eigenvalue weighted by Gasteiger charge is -2.19. The summed E-state index contributed by atoms with van der Waals surface area (Å²) in [5.74, 6) is -0.922. The second-order valence-electron chi connectivity index (χ2n) is 6.00. The standard InChI is InChI=1S/C18H20N2O5S/c1-11(2)25-17(21)10-14(13-6-4-5-7-15(13)20(23)24)19-18(22)16-9-8-12(3)26-16/h4-9,11,14H,10H2,1-3H3,(H,19,22). The monoisotopic (exact) mass is 376 g/mol. The molecule has 8 heteroatoms. The number of hydrogen-bond donors (Lipinski definition) is 1. The van der Waals surface area contributed by atoms with E-state index >= 15 is 0 Å². The van der Waals surface area contributed by atoms with Crippen LogP contribution in [0.1, 0.15) is 46.4 Å². The van der Waals surface area contributed by atoms with Gasteiger partial charge in [-0.25, -0.2) is 0 Å². The molecule has 1 atom stereocenters. The van der Waals surface area contributed by atoms with Gasteiger partial charge in [0.1, 0.15) is 0 Å². The number of thiophene rings is 1. The van der Waals surface area contributed by atoms with Crippen molar-refractivity contribution in [2.45, 2.75) is 39.3 Å². The highest BCUT2D eigenvalue weighted by Crippen LogP contribution is 2.28. The van der Waals surface area contributed by atoms with Crippen molar-refractivity contribution in [2.24, 2.45) is 0 Å². The van der Waals surface area contributed by atoms with Crippen LogP contribution in [0.2, 0.25) is 0 Å². The highest BCUT2D eigenvalue weighted by atomic mass is 32.1. The fourth-order valence-electron chi connectivity index (χ4n) is 2.45. The second kappa shape index (κ2) is 8.57. The molecule has 7 nitrogen and oxygen atoms in total. The van der Waals surface area contributed by atoms with Crippen molar-refractivity contribution < 1.29 is 19.2 Å². The Morgan fingerprint density at radius 1 is 1.23 bits per heavy atom. The fourth-order valence-corrected chi connectivity index (χ4v) is 3.22. The van der Waals surface area contributed by atoms with Crippen molar-refractivity contribution in [1.82, 2.24) is 5.32 Å². The Kier molecular flexibility index (Phi) is 6.46. The third-order valence-corrected chi connectivity index (χ3v) is 4.52. The topological polar surface area (TPSA) is 98.5 Å². The van der Waals surface area contributed by atoms with E-state index in [1.807, 2.05) is 13.0 Å². The first-order valence-electron chi connectivity index (χ1n) is 8.08. The Morgan fingerprint density at radius 3 is 2.50 bits per heavy atom. The van der Waals surface area contributed by atoms with E-state index in [1.54, 1.807) is 26.0 Å². The summed E-state index contributed by atoms with van der Waals surface area (Å²) in [6.07, 6.45) is -0.511. The van der Waals surface area contributed by atoms with Crippen molar-refractivity contribution in [3.05, 3.63) is 61.8 Å². The Hall–Kier alpha value is -2.74. The van der Waals surface area contributed by atoms with Crippen molar-refractivity contribution >= 4 is 28.9 Å². The SMILES string of the molecule is Cc1ccc(C(=O)NC(CC(=O)OC(C)C)c2ccccc2[N+](=O)[O-])s1. The molecule has 0 fully saturated rings. The van der Waals surface area contributed by atoms with Gasteiger partial charge in [0.05, 0.1) is 33.9 Å². The van der Waals surface area contributed by atoms with E-state index in [2.05, 4.69) is 5.32 Å². The number of hydrogen-bond acceptors (Lipinski definition) is 6. The number of amides is 1. The molecule has 1 unspecified atom stereocenters. The molecular formula is C18H20N2O5S. The first-order chi connectivity index (χ1) is 12.3. The lowest BCUT2D eigenvalue weighted by atomic mass is 10.0. The largest absolute Gasteiger partial charge is 0.463 e. The van der Waals surface area contributed by atoms with Crippen LogP contribution in [0.3, 0.4) is 0 Å². The van der Waals surface area contributed by atoms with Gasteiger partial charge in [0.2, 0.25) is 0 Å². The predicted octanol–water partition coefficient (Wildman–Crippen LogP) is 3.78. The van der Waals surface area contributed by atoms with Gasteiger partial charge in [0, 0.05) is 10.9 Å². The number of carbonyl (C=O) groups excluding carboxylic acids is 2. The van der Waals surface area contributed by atoms with Gasteiger partial charge in [-0.2, -0.15) is 0 Å². The van der Waals surface area contributed by atoms with E-state index in [0.717, 1.165) is 4.88 Å². The number of carbonyl (C=O) groups is 2. The Balaban J connectivity index is 2.31. The molecule has 1 aromatic heterocycles. The molecule has 0 aliphatic rings. The van der Waals surface area contributed by atoms with E-state index in [9.17, 15) is 19.7 Å². The molecule has 0 saturated carbocycles. The minimum absolute atomic E-state index is 0.155. The number of nitrogens with one attached hydrogen (secondary N) is 1. The fraction of sp³-hybridized carbons (Fsp3) is 0.333. The number of ether oxygens (including phenoxy) is 1. The predicted molar refractivity (Wildman–Crippen MR) is 98.2 cm³/mol. The normalized spacial score (nSPS) is 11.8. The van der Waals surface area contributed by atoms with Crippen molar-refractivity contribution in [3.8, 4) is 0 Å². The molecule has 2 rings (SSSR count). The Morgan fingerprint density at radius 2 is 1.92 bits per heavy atom. The molecule has 1 heterocycles. The smallest absolute Gasteiger partial charge is 0.308 e. The van der Waals surface area contributed by atoms with Gasteiger partial charge in [0.25, 0.3) is 11.6 Å². The molecule has 1 amide bonds. The van der Waals surface area contributed by atoms with Crippen molar-refractivity contribution in [2.75, 3.05) is 0 Å². The molecule has 26 heavy (non-hydrogen) atoms. The summed E-state index contributed by atoms with van der Waals surface area (Å²) in [6.45, 7) is 5.30. The van der Waals surface area contributed by atoms with E-state index < -0.39 is 16.9 Å². The molecule has 0 bridgehead atoms. The molecule has 0 radical (unpaired) electrons. The second-order valence-corrected chi connectivity index (χ2v) is 7.28. The highest BCUT2D eigenvalue weighted by Gasteiger charge is 2.27. The molecule has 138 valence electrons. The van der Waals surface area contributed by atoms with E-state index in [-0.39, 0.29) is 29.7 Å². The van der Waals surface area contributed by atoms with Crippen LogP contribution >= 0.6 is 11.3 Å². The number of esters is 1. The minimum atomic E-state index is -0.863. The molecule has 0 aliphatic heterocycles. The number of aryl methyl sites for hydroxylation is 1. The van der Waals surface area contributed by atoms with Gasteiger partial charge in [0.15, 0.2) is 0 Å². The quantitative estimate of drug-likeness (QED) is 0.450. The molecule has 1 aromatic carbocycles. The molecular weight excluding hydrogens is 356 g/mol. The summed E-state index contributed by atoms with van der Waals surface area (Å²) >= 11 is 1.31. The average molecular weight is 376 g/mol. The zero-order valence-corrected chi connectivity index (χ0v) is 15.5. The maximum atomic E-state index is 12.5. The van der Waals surface area contributed by atoms with Crippen LogP contribution in [0, 0.1) is 17.0 Å². The Bertz CT molecular complexity index is 815. The number of nitro groups is 1. The number of nitrogens with zero attached hydrogens (tertiary/aromatic N) is 1. The van der Waals surface area contributed by atoms with Crippen LogP contribution < -0.4 is 5.32 Å². The molecule has 0 aliphatic carbocycles. The first-order valence-corrected chi connectivity index (χ1v) is 8.89. The zero-order chi connectivity index (χ0) is 19.3. The van der Waals surface area contributed by atoms with Gasteiger partial charge >= 0.3 is 5.97 Å². The number of para-hydroxylation sites is 1. The summed E-state index contributed by atoms with van der Waals surface area (Å²) < 4.78 is 5.14. The van der Waals surface area contributed by atoms with Gasteiger partial charge in [-0.1, -0.05) is 18.2 Å². The van der Waals surface area contributed by atoms with Crippen LogP contribution in [0.15, 0.2) is 36.4 Å². The average Bonchev–Trinajstić information content (AvgIpc) is 3.00. The van der Waals surface area contributed by atoms with Crippen LogP contribution in [0.5, 0.6) is 0 Å². The van der Waals surface area contributed by atoms with Crippen LogP contribution in [-0.2, 0) is 9.53 Å². The van der Waals surface area contributed by atoms with Crippen molar-refractivity contribution in [1.29, 1.82) is 0 Å². The number of benzene rings is 1. The van der Waals surface area contributed by atoms with Gasteiger partial charge in [-0.3, -0.25) is 19.7 Å². The first kappa shape index (κ1) is 19.6. The number of rotatable bonds is 7. The third-order valence-electron chi connectivity index (χ3n) is 3.52. The molecule has 2 aromatic rings. The van der Waals surface area contributed by atoms with Gasteiger partial charge in [-0.15, -0.1) is 11.3 Å². The van der Waals surface area contributed by atoms with Crippen LogP contribution in [0.25, 0.3) is 0 Å². The molecule has 1 N–H and O–H groups in total. The summed E-state index contributed by atoms with van der Waals surface area (Å²) in [5, 5.41) is 14.1. The summed E-state index contributed by atoms with van der Waals surface area (Å²) in [5.41, 5.74) is 0.109. The van der Waals surface area contributed by atoms with Crippen LogP contribution in [0.4, 0.5) is 5.69 Å². The summed E-state index contributed by atoms with van der Waals surface area (Å²) in [6, 6.07) is 8.67. The lowest BCUT2D eigenvalue weighted by molar-refractivity contribution is -0.385. The Labute approximate surface area is 155 Å². The van der Waals surface area contributed by atoms with E-state index in [0.29, 0.717) is 4.88 Å². The summed E-state index contributed by atoms with van der Waals surface area (Å²) in [7, 11) is 0. The van der Waals surface area contributed by atoms with E-state index in [1.165, 1.54) is 29.5 Å². The van der Waals surface area contributed by atoms with Gasteiger partial charge in [-0.05, 0) is 32.9 Å². The highest BCUT2D eigenvalue weighted by molar-refractivity contribution is 7.13. The van der Waals surface area contributed by atoms with Crippen LogP contribution in [-0.4, -0.2) is 22.9 Å². The molecule has 0 saturated heterocycles. The molecule has 0 spiro atoms. The maximum absolute atomic E-state index is 12.5. The third kappa shape index (κ3) is 5.13. The lowest BCUT2D eigenvalue weighted by Crippen LogP contribution is -2.31.